The Morgan fingerprint density at radius 1 is 1.11 bits per heavy atom. The largest absolute Gasteiger partial charge is 0.369 e. The maximum absolute atomic E-state index is 3.58. The normalized spacial score (nSPS) is 12.8. The Kier molecular flexibility index (Phi) is 6.20. The van der Waals surface area contributed by atoms with E-state index in [4.69, 9.17) is 0 Å². The fourth-order valence-electron chi connectivity index (χ4n) is 2.40. The summed E-state index contributed by atoms with van der Waals surface area (Å²) in [5.74, 6) is 0. The van der Waals surface area contributed by atoms with Crippen LogP contribution in [0.3, 0.4) is 0 Å². The molecule has 0 spiro atoms. The van der Waals surface area contributed by atoms with E-state index in [1.54, 1.807) is 0 Å². The van der Waals surface area contributed by atoms with Crippen molar-refractivity contribution in [3.8, 4) is 0 Å². The van der Waals surface area contributed by atoms with Gasteiger partial charge in [0.15, 0.2) is 0 Å². The van der Waals surface area contributed by atoms with Crippen LogP contribution < -0.4 is 10.2 Å². The minimum atomic E-state index is 0.411. The van der Waals surface area contributed by atoms with Gasteiger partial charge in [-0.3, -0.25) is 0 Å². The Labute approximate surface area is 112 Å². The molecule has 0 aliphatic carbocycles. The molecule has 0 amide bonds. The summed E-state index contributed by atoms with van der Waals surface area (Å²) in [6.07, 6.45) is 1.17. The molecule has 2 heteroatoms. The molecule has 0 fully saturated rings. The molecule has 0 bridgehead atoms. The summed E-state index contributed by atoms with van der Waals surface area (Å²) in [5, 5.41) is 3.58. The van der Waals surface area contributed by atoms with E-state index in [0.29, 0.717) is 12.1 Å². The van der Waals surface area contributed by atoms with Gasteiger partial charge in [-0.2, -0.15) is 0 Å². The third-order valence-corrected chi connectivity index (χ3v) is 3.38. The zero-order chi connectivity index (χ0) is 13.5. The van der Waals surface area contributed by atoms with E-state index in [-0.39, 0.29) is 0 Å². The van der Waals surface area contributed by atoms with E-state index in [1.165, 1.54) is 17.7 Å². The van der Waals surface area contributed by atoms with Gasteiger partial charge in [-0.25, -0.2) is 0 Å². The first-order chi connectivity index (χ1) is 8.61. The molecular formula is C16H28N2. The average Bonchev–Trinajstić information content (AvgIpc) is 2.37. The van der Waals surface area contributed by atoms with Crippen molar-refractivity contribution < 1.29 is 0 Å². The van der Waals surface area contributed by atoms with Crippen molar-refractivity contribution in [1.82, 2.24) is 5.32 Å². The predicted octanol–water partition coefficient (Wildman–Crippen LogP) is 3.98. The van der Waals surface area contributed by atoms with Gasteiger partial charge in [0, 0.05) is 24.3 Å². The number of benzene rings is 1. The van der Waals surface area contributed by atoms with Gasteiger partial charge in [-0.15, -0.1) is 0 Å². The van der Waals surface area contributed by atoms with Crippen molar-refractivity contribution in [2.75, 3.05) is 18.0 Å². The van der Waals surface area contributed by atoms with E-state index in [1.807, 2.05) is 0 Å². The number of nitrogens with one attached hydrogen (secondary N) is 1. The Bertz CT molecular complexity index is 347. The lowest BCUT2D eigenvalue weighted by molar-refractivity contribution is 0.567. The first-order valence-corrected chi connectivity index (χ1v) is 7.20. The van der Waals surface area contributed by atoms with Crippen LogP contribution in [0.4, 0.5) is 5.69 Å². The molecule has 1 rings (SSSR count). The molecule has 102 valence electrons. The summed E-state index contributed by atoms with van der Waals surface area (Å²) < 4.78 is 0. The van der Waals surface area contributed by atoms with Crippen molar-refractivity contribution in [3.63, 3.8) is 0 Å². The summed E-state index contributed by atoms with van der Waals surface area (Å²) in [6.45, 7) is 13.3. The Hall–Kier alpha value is -1.02. The van der Waals surface area contributed by atoms with Gasteiger partial charge in [0.25, 0.3) is 0 Å². The summed E-state index contributed by atoms with van der Waals surface area (Å²) in [6, 6.07) is 9.70. The highest BCUT2D eigenvalue weighted by atomic mass is 15.1. The summed E-state index contributed by atoms with van der Waals surface area (Å²) in [4.78, 5) is 2.46. The third-order valence-electron chi connectivity index (χ3n) is 3.38. The molecule has 0 radical (unpaired) electrons. The molecule has 0 aliphatic rings. The van der Waals surface area contributed by atoms with E-state index in [2.05, 4.69) is 69.1 Å². The zero-order valence-corrected chi connectivity index (χ0v) is 12.5. The smallest absolute Gasteiger partial charge is 0.0416 e. The fraction of sp³-hybridized carbons (Fsp3) is 0.625. The molecule has 1 atom stereocenters. The summed E-state index contributed by atoms with van der Waals surface area (Å²) >= 11 is 0. The molecule has 1 N–H and O–H groups in total. The highest BCUT2D eigenvalue weighted by Crippen LogP contribution is 2.27. The van der Waals surface area contributed by atoms with Gasteiger partial charge in [0.05, 0.1) is 0 Å². The quantitative estimate of drug-likeness (QED) is 0.785. The molecule has 18 heavy (non-hydrogen) atoms. The van der Waals surface area contributed by atoms with Gasteiger partial charge < -0.3 is 10.2 Å². The maximum Gasteiger partial charge on any atom is 0.0416 e. The molecule has 0 saturated heterocycles. The van der Waals surface area contributed by atoms with Crippen LogP contribution in [0.15, 0.2) is 24.3 Å². The first kappa shape index (κ1) is 15.0. The fourth-order valence-corrected chi connectivity index (χ4v) is 2.40. The van der Waals surface area contributed by atoms with Gasteiger partial charge in [0.1, 0.15) is 0 Å². The molecule has 1 aromatic carbocycles. The van der Waals surface area contributed by atoms with Crippen LogP contribution in [0.25, 0.3) is 0 Å². The number of nitrogens with zero attached hydrogens (tertiary/aromatic N) is 1. The van der Waals surface area contributed by atoms with E-state index >= 15 is 0 Å². The van der Waals surface area contributed by atoms with Gasteiger partial charge >= 0.3 is 0 Å². The Morgan fingerprint density at radius 2 is 1.78 bits per heavy atom. The number of hydrogen-bond acceptors (Lipinski definition) is 2. The van der Waals surface area contributed by atoms with E-state index in [9.17, 15) is 0 Å². The lowest BCUT2D eigenvalue weighted by atomic mass is 10.0. The van der Waals surface area contributed by atoms with Crippen molar-refractivity contribution in [3.05, 3.63) is 29.8 Å². The molecule has 0 aliphatic heterocycles. The third kappa shape index (κ3) is 3.74. The Morgan fingerprint density at radius 3 is 2.33 bits per heavy atom. The molecule has 1 aromatic rings. The van der Waals surface area contributed by atoms with Crippen LogP contribution in [0.5, 0.6) is 0 Å². The monoisotopic (exact) mass is 248 g/mol. The number of para-hydroxylation sites is 1. The standard InChI is InChI=1S/C16H28N2/c1-6-12-17-14(5)15-10-8-9-11-16(15)18(7-2)13(3)4/h8-11,13-14,17H,6-7,12H2,1-5H3. The second-order valence-corrected chi connectivity index (χ2v) is 5.11. The lowest BCUT2D eigenvalue weighted by Crippen LogP contribution is -2.32. The second-order valence-electron chi connectivity index (χ2n) is 5.11. The number of hydrogen-bond donors (Lipinski definition) is 1. The second kappa shape index (κ2) is 7.42. The van der Waals surface area contributed by atoms with Crippen molar-refractivity contribution in [2.24, 2.45) is 0 Å². The van der Waals surface area contributed by atoms with Crippen molar-refractivity contribution in [1.29, 1.82) is 0 Å². The van der Waals surface area contributed by atoms with E-state index < -0.39 is 0 Å². The molecule has 2 nitrogen and oxygen atoms in total. The van der Waals surface area contributed by atoms with Gasteiger partial charge in [-0.1, -0.05) is 25.1 Å². The van der Waals surface area contributed by atoms with Crippen LogP contribution in [-0.4, -0.2) is 19.1 Å². The van der Waals surface area contributed by atoms with Crippen LogP contribution in [-0.2, 0) is 0 Å². The minimum absolute atomic E-state index is 0.411. The summed E-state index contributed by atoms with van der Waals surface area (Å²) in [7, 11) is 0. The highest BCUT2D eigenvalue weighted by Gasteiger charge is 2.15. The van der Waals surface area contributed by atoms with Crippen molar-refractivity contribution in [2.45, 2.75) is 53.1 Å². The predicted molar refractivity (Wildman–Crippen MR) is 81.3 cm³/mol. The summed E-state index contributed by atoms with van der Waals surface area (Å²) in [5.41, 5.74) is 2.77. The zero-order valence-electron chi connectivity index (χ0n) is 12.5. The Balaban J connectivity index is 2.97. The molecule has 0 heterocycles. The topological polar surface area (TPSA) is 15.3 Å². The highest BCUT2D eigenvalue weighted by molar-refractivity contribution is 5.55. The van der Waals surface area contributed by atoms with Gasteiger partial charge in [0.2, 0.25) is 0 Å². The lowest BCUT2D eigenvalue weighted by Gasteiger charge is -2.31. The SMILES string of the molecule is CCCNC(C)c1ccccc1N(CC)C(C)C. The minimum Gasteiger partial charge on any atom is -0.369 e. The van der Waals surface area contributed by atoms with Crippen LogP contribution in [0, 0.1) is 0 Å². The maximum atomic E-state index is 3.58. The first-order valence-electron chi connectivity index (χ1n) is 7.20. The van der Waals surface area contributed by atoms with Crippen LogP contribution >= 0.6 is 0 Å². The van der Waals surface area contributed by atoms with Crippen molar-refractivity contribution >= 4 is 5.69 Å². The number of anilines is 1. The molecule has 0 aromatic heterocycles. The number of rotatable bonds is 7. The van der Waals surface area contributed by atoms with E-state index in [0.717, 1.165) is 13.1 Å². The van der Waals surface area contributed by atoms with Crippen LogP contribution in [0.2, 0.25) is 0 Å². The molecule has 0 saturated carbocycles. The molecular weight excluding hydrogens is 220 g/mol. The average molecular weight is 248 g/mol. The van der Waals surface area contributed by atoms with Gasteiger partial charge in [-0.05, 0) is 52.3 Å². The molecule has 1 unspecified atom stereocenters. The van der Waals surface area contributed by atoms with Crippen LogP contribution in [0.1, 0.15) is 52.6 Å².